The highest BCUT2D eigenvalue weighted by molar-refractivity contribution is 9.10. The number of para-hydroxylation sites is 1. The van der Waals surface area contributed by atoms with E-state index in [0.29, 0.717) is 30.5 Å². The van der Waals surface area contributed by atoms with Crippen molar-refractivity contribution in [2.75, 3.05) is 13.2 Å². The Morgan fingerprint density at radius 3 is 2.86 bits per heavy atom. The smallest absolute Gasteiger partial charge is 0.312 e. The molecule has 0 aliphatic rings. The fraction of sp³-hybridized carbons (Fsp3) is 0.500. The number of hydrogen-bond donors (Lipinski definition) is 1. The monoisotopic (exact) mass is 355 g/mol. The van der Waals surface area contributed by atoms with Crippen LogP contribution in [0.4, 0.5) is 5.69 Å². The zero-order valence-electron chi connectivity index (χ0n) is 12.1. The Morgan fingerprint density at radius 1 is 1.57 bits per heavy atom. The number of nitrogens with one attached hydrogen (secondary N) is 1. The van der Waals surface area contributed by atoms with Gasteiger partial charge in [-0.25, -0.2) is 0 Å². The van der Waals surface area contributed by atoms with E-state index in [4.69, 9.17) is 10.00 Å². The molecule has 0 bridgehead atoms. The maximum atomic E-state index is 10.9. The molecular weight excluding hydrogens is 338 g/mol. The molecule has 0 saturated heterocycles. The van der Waals surface area contributed by atoms with Crippen LogP contribution in [0.15, 0.2) is 22.7 Å². The van der Waals surface area contributed by atoms with Crippen molar-refractivity contribution in [2.45, 2.75) is 32.2 Å². The number of ether oxygens (including phenoxy) is 1. The summed E-state index contributed by atoms with van der Waals surface area (Å²) in [6.45, 7) is 4.79. The van der Waals surface area contributed by atoms with Crippen molar-refractivity contribution in [3.05, 3.63) is 32.8 Å². The first-order valence-corrected chi connectivity index (χ1v) is 7.45. The number of hydrogen-bond acceptors (Lipinski definition) is 5. The average Bonchev–Trinajstić information content (AvgIpc) is 2.45. The van der Waals surface area contributed by atoms with E-state index in [1.807, 2.05) is 13.8 Å². The van der Waals surface area contributed by atoms with Gasteiger partial charge in [0.15, 0.2) is 0 Å². The second-order valence-electron chi connectivity index (χ2n) is 4.77. The molecule has 21 heavy (non-hydrogen) atoms. The Balaban J connectivity index is 2.62. The summed E-state index contributed by atoms with van der Waals surface area (Å²) in [5, 5.41) is 23.2. The SMILES string of the molecule is CCNC(C)(C#N)CCCOc1c(Br)cccc1[N+](=O)[O-]. The van der Waals surface area contributed by atoms with Gasteiger partial charge < -0.3 is 4.74 Å². The second-order valence-corrected chi connectivity index (χ2v) is 5.63. The van der Waals surface area contributed by atoms with E-state index in [1.54, 1.807) is 12.1 Å². The average molecular weight is 356 g/mol. The van der Waals surface area contributed by atoms with Crippen LogP contribution in [-0.2, 0) is 0 Å². The lowest BCUT2D eigenvalue weighted by atomic mass is 9.98. The summed E-state index contributed by atoms with van der Waals surface area (Å²) in [7, 11) is 0. The van der Waals surface area contributed by atoms with Crippen LogP contribution in [0.3, 0.4) is 0 Å². The van der Waals surface area contributed by atoms with Gasteiger partial charge in [-0.3, -0.25) is 15.4 Å². The molecule has 1 unspecified atom stereocenters. The first-order valence-electron chi connectivity index (χ1n) is 6.65. The third-order valence-electron chi connectivity index (χ3n) is 3.02. The van der Waals surface area contributed by atoms with E-state index in [1.165, 1.54) is 6.07 Å². The zero-order chi connectivity index (χ0) is 15.9. The quantitative estimate of drug-likeness (QED) is 0.438. The topological polar surface area (TPSA) is 88.2 Å². The number of rotatable bonds is 8. The summed E-state index contributed by atoms with van der Waals surface area (Å²) < 4.78 is 6.07. The van der Waals surface area contributed by atoms with E-state index < -0.39 is 10.5 Å². The van der Waals surface area contributed by atoms with Gasteiger partial charge in [0.1, 0.15) is 5.54 Å². The summed E-state index contributed by atoms with van der Waals surface area (Å²) in [5.41, 5.74) is -0.670. The molecule has 0 aromatic heterocycles. The maximum absolute atomic E-state index is 10.9. The van der Waals surface area contributed by atoms with E-state index >= 15 is 0 Å². The molecule has 114 valence electrons. The molecule has 0 fully saturated rings. The van der Waals surface area contributed by atoms with Crippen LogP contribution < -0.4 is 10.1 Å². The molecule has 1 rings (SSSR count). The molecule has 0 radical (unpaired) electrons. The Labute approximate surface area is 132 Å². The third kappa shape index (κ3) is 4.99. The molecule has 0 spiro atoms. The molecule has 0 saturated carbocycles. The lowest BCUT2D eigenvalue weighted by Crippen LogP contribution is -2.40. The summed E-state index contributed by atoms with van der Waals surface area (Å²) in [5.74, 6) is 0.226. The van der Waals surface area contributed by atoms with Gasteiger partial charge >= 0.3 is 5.69 Å². The Hall–Kier alpha value is -1.65. The summed E-state index contributed by atoms with van der Waals surface area (Å²) in [4.78, 5) is 10.5. The highest BCUT2D eigenvalue weighted by Gasteiger charge is 2.22. The second kappa shape index (κ2) is 7.96. The number of nitrogens with zero attached hydrogens (tertiary/aromatic N) is 2. The van der Waals surface area contributed by atoms with Crippen LogP contribution in [-0.4, -0.2) is 23.6 Å². The van der Waals surface area contributed by atoms with Gasteiger partial charge in [-0.1, -0.05) is 13.0 Å². The minimum Gasteiger partial charge on any atom is -0.486 e. The number of nitriles is 1. The zero-order valence-corrected chi connectivity index (χ0v) is 13.6. The van der Waals surface area contributed by atoms with Crippen LogP contribution in [0, 0.1) is 21.4 Å². The van der Waals surface area contributed by atoms with Crippen molar-refractivity contribution < 1.29 is 9.66 Å². The van der Waals surface area contributed by atoms with Crippen molar-refractivity contribution in [3.63, 3.8) is 0 Å². The minimum absolute atomic E-state index is 0.0703. The van der Waals surface area contributed by atoms with Crippen molar-refractivity contribution in [1.29, 1.82) is 5.26 Å². The molecule has 1 N–H and O–H groups in total. The number of nitro groups is 1. The standard InChI is InChI=1S/C14H18BrN3O3/c1-3-17-14(2,10-16)8-5-9-21-13-11(15)6-4-7-12(13)18(19)20/h4,6-7,17H,3,5,8-9H2,1-2H3. The van der Waals surface area contributed by atoms with Gasteiger partial charge in [-0.15, -0.1) is 0 Å². The molecule has 1 aromatic rings. The summed E-state index contributed by atoms with van der Waals surface area (Å²) in [6, 6.07) is 6.92. The molecule has 1 atom stereocenters. The van der Waals surface area contributed by atoms with Gasteiger partial charge in [-0.2, -0.15) is 5.26 Å². The first kappa shape index (κ1) is 17.4. The Kier molecular flexibility index (Phi) is 6.59. The summed E-state index contributed by atoms with van der Waals surface area (Å²) >= 11 is 3.25. The lowest BCUT2D eigenvalue weighted by Gasteiger charge is -2.22. The fourth-order valence-corrected chi connectivity index (χ4v) is 2.43. The van der Waals surface area contributed by atoms with Crippen molar-refractivity contribution in [1.82, 2.24) is 5.32 Å². The predicted octanol–water partition coefficient (Wildman–Crippen LogP) is 3.41. The molecular formula is C14H18BrN3O3. The van der Waals surface area contributed by atoms with Gasteiger partial charge in [-0.05, 0) is 48.3 Å². The minimum atomic E-state index is -0.599. The fourth-order valence-electron chi connectivity index (χ4n) is 1.96. The Morgan fingerprint density at radius 2 is 2.29 bits per heavy atom. The maximum Gasteiger partial charge on any atom is 0.312 e. The summed E-state index contributed by atoms with van der Waals surface area (Å²) in [6.07, 6.45) is 1.23. The van der Waals surface area contributed by atoms with Gasteiger partial charge in [0.2, 0.25) is 5.75 Å². The molecule has 0 aliphatic heterocycles. The van der Waals surface area contributed by atoms with Crippen LogP contribution in [0.2, 0.25) is 0 Å². The van der Waals surface area contributed by atoms with Crippen LogP contribution in [0.1, 0.15) is 26.7 Å². The number of halogens is 1. The van der Waals surface area contributed by atoms with E-state index in [2.05, 4.69) is 27.3 Å². The van der Waals surface area contributed by atoms with Crippen molar-refractivity contribution in [3.8, 4) is 11.8 Å². The third-order valence-corrected chi connectivity index (χ3v) is 3.65. The molecule has 0 aliphatic carbocycles. The lowest BCUT2D eigenvalue weighted by molar-refractivity contribution is -0.386. The van der Waals surface area contributed by atoms with Crippen LogP contribution in [0.5, 0.6) is 5.75 Å². The van der Waals surface area contributed by atoms with Gasteiger partial charge in [0, 0.05) is 6.07 Å². The number of nitro benzene ring substituents is 1. The van der Waals surface area contributed by atoms with Crippen molar-refractivity contribution >= 4 is 21.6 Å². The Bertz CT molecular complexity index is 545. The van der Waals surface area contributed by atoms with Gasteiger partial charge in [0.05, 0.1) is 22.1 Å². The predicted molar refractivity (Wildman–Crippen MR) is 83.2 cm³/mol. The van der Waals surface area contributed by atoms with Crippen LogP contribution in [0.25, 0.3) is 0 Å². The molecule has 0 amide bonds. The van der Waals surface area contributed by atoms with Crippen molar-refractivity contribution in [2.24, 2.45) is 0 Å². The normalized spacial score (nSPS) is 13.2. The molecule has 0 heterocycles. The highest BCUT2D eigenvalue weighted by atomic mass is 79.9. The van der Waals surface area contributed by atoms with E-state index in [-0.39, 0.29) is 11.4 Å². The number of benzene rings is 1. The largest absolute Gasteiger partial charge is 0.486 e. The van der Waals surface area contributed by atoms with E-state index in [0.717, 1.165) is 0 Å². The molecule has 1 aromatic carbocycles. The highest BCUT2D eigenvalue weighted by Crippen LogP contribution is 2.34. The first-order chi connectivity index (χ1) is 9.93. The molecule has 6 nitrogen and oxygen atoms in total. The molecule has 7 heteroatoms. The van der Waals surface area contributed by atoms with E-state index in [9.17, 15) is 10.1 Å². The van der Waals surface area contributed by atoms with Gasteiger partial charge in [0.25, 0.3) is 0 Å². The van der Waals surface area contributed by atoms with Crippen LogP contribution >= 0.6 is 15.9 Å².